The van der Waals surface area contributed by atoms with Gasteiger partial charge in [0.2, 0.25) is 11.8 Å². The largest absolute Gasteiger partial charge is 0.471 e. The Balaban J connectivity index is 1.66. The van der Waals surface area contributed by atoms with E-state index in [1.165, 1.54) is 32.4 Å². The maximum atomic E-state index is 16.0. The highest BCUT2D eigenvalue weighted by Gasteiger charge is 2.35. The fraction of sp³-hybridized carbons (Fsp3) is 0.292. The molecule has 1 amide bonds. The van der Waals surface area contributed by atoms with Gasteiger partial charge in [0.1, 0.15) is 34.2 Å². The van der Waals surface area contributed by atoms with Gasteiger partial charge in [-0.2, -0.15) is 15.2 Å². The third kappa shape index (κ3) is 3.63. The van der Waals surface area contributed by atoms with E-state index in [1.54, 1.807) is 4.90 Å². The van der Waals surface area contributed by atoms with Gasteiger partial charge in [-0.3, -0.25) is 9.78 Å². The molecule has 1 aromatic carbocycles. The van der Waals surface area contributed by atoms with Crippen molar-refractivity contribution in [1.29, 1.82) is 5.26 Å². The molecule has 1 aliphatic heterocycles. The number of amides is 1. The van der Waals surface area contributed by atoms with Crippen LogP contribution in [0.15, 0.2) is 18.3 Å². The standard InChI is InChI=1S/C24H20F2N6O3S/c1-10-16(6-7-32(10)11(2)33)35-23-14-9-29-19(18(26)20(14)30-24(31-23)34-3)12-4-5-15(25)21-17(12)13(8-27)22(28)36-21/h4-5,9-10,16H,6-7,28H2,1-3H3. The van der Waals surface area contributed by atoms with Crippen LogP contribution in [0.4, 0.5) is 13.8 Å². The monoisotopic (exact) mass is 510 g/mol. The Bertz CT molecular complexity index is 1580. The van der Waals surface area contributed by atoms with E-state index in [0.29, 0.717) is 13.0 Å². The number of pyridine rings is 1. The van der Waals surface area contributed by atoms with Crippen LogP contribution in [0.25, 0.3) is 32.2 Å². The first-order valence-electron chi connectivity index (χ1n) is 11.0. The fourth-order valence-corrected chi connectivity index (χ4v) is 5.48. The molecule has 9 nitrogen and oxygen atoms in total. The Morgan fingerprint density at radius 3 is 2.78 bits per heavy atom. The quantitative estimate of drug-likeness (QED) is 0.436. The zero-order chi connectivity index (χ0) is 25.7. The maximum absolute atomic E-state index is 16.0. The zero-order valence-corrected chi connectivity index (χ0v) is 20.3. The van der Waals surface area contributed by atoms with Crippen molar-refractivity contribution in [2.24, 2.45) is 0 Å². The predicted molar refractivity (Wildman–Crippen MR) is 130 cm³/mol. The van der Waals surface area contributed by atoms with Crippen molar-refractivity contribution in [2.45, 2.75) is 32.4 Å². The summed E-state index contributed by atoms with van der Waals surface area (Å²) in [5, 5.41) is 10.1. The van der Waals surface area contributed by atoms with Crippen molar-refractivity contribution in [2.75, 3.05) is 19.4 Å². The summed E-state index contributed by atoms with van der Waals surface area (Å²) in [6.07, 6.45) is 1.57. The number of nitriles is 1. The Kier molecular flexibility index (Phi) is 5.80. The van der Waals surface area contributed by atoms with Gasteiger partial charge in [0.05, 0.1) is 28.8 Å². The number of carbonyl (C=O) groups is 1. The van der Waals surface area contributed by atoms with Gasteiger partial charge in [-0.15, -0.1) is 11.3 Å². The second-order valence-corrected chi connectivity index (χ2v) is 9.40. The number of fused-ring (bicyclic) bond motifs is 2. The lowest BCUT2D eigenvalue weighted by molar-refractivity contribution is -0.129. The van der Waals surface area contributed by atoms with Crippen LogP contribution >= 0.6 is 11.3 Å². The Hall–Kier alpha value is -4.11. The van der Waals surface area contributed by atoms with Crippen molar-refractivity contribution in [3.63, 3.8) is 0 Å². The molecule has 3 aromatic heterocycles. The van der Waals surface area contributed by atoms with Gasteiger partial charge < -0.3 is 20.1 Å². The van der Waals surface area contributed by atoms with Crippen LogP contribution < -0.4 is 15.2 Å². The van der Waals surface area contributed by atoms with Crippen LogP contribution in [-0.4, -0.2) is 51.6 Å². The number of ether oxygens (including phenoxy) is 2. The fourth-order valence-electron chi connectivity index (χ4n) is 4.53. The number of carbonyl (C=O) groups excluding carboxylic acids is 1. The Morgan fingerprint density at radius 2 is 2.11 bits per heavy atom. The summed E-state index contributed by atoms with van der Waals surface area (Å²) in [6, 6.07) is 4.17. The van der Waals surface area contributed by atoms with Crippen molar-refractivity contribution in [3.05, 3.63) is 35.5 Å². The minimum atomic E-state index is -0.815. The highest BCUT2D eigenvalue weighted by atomic mass is 32.1. The number of likely N-dealkylation sites (tertiary alicyclic amines) is 1. The van der Waals surface area contributed by atoms with Gasteiger partial charge in [0, 0.05) is 37.0 Å². The minimum Gasteiger partial charge on any atom is -0.471 e. The molecule has 5 rings (SSSR count). The van der Waals surface area contributed by atoms with Crippen molar-refractivity contribution < 1.29 is 23.0 Å². The predicted octanol–water partition coefficient (Wildman–Crippen LogP) is 4.04. The number of benzene rings is 1. The van der Waals surface area contributed by atoms with Crippen molar-refractivity contribution in [1.82, 2.24) is 19.9 Å². The van der Waals surface area contributed by atoms with Gasteiger partial charge in [-0.05, 0) is 19.1 Å². The molecule has 1 aliphatic rings. The number of anilines is 1. The number of nitrogens with zero attached hydrogens (tertiary/aromatic N) is 5. The van der Waals surface area contributed by atoms with Gasteiger partial charge >= 0.3 is 6.01 Å². The van der Waals surface area contributed by atoms with Crippen molar-refractivity contribution in [3.8, 4) is 29.2 Å². The molecule has 1 fully saturated rings. The van der Waals surface area contributed by atoms with Crippen LogP contribution in [-0.2, 0) is 4.79 Å². The number of methoxy groups -OCH3 is 1. The molecular weight excluding hydrogens is 490 g/mol. The first kappa shape index (κ1) is 23.6. The van der Waals surface area contributed by atoms with Crippen molar-refractivity contribution >= 4 is 43.2 Å². The second-order valence-electron chi connectivity index (χ2n) is 8.35. The summed E-state index contributed by atoms with van der Waals surface area (Å²) in [5.41, 5.74) is 5.93. The molecule has 36 heavy (non-hydrogen) atoms. The molecular formula is C24H20F2N6O3S. The average Bonchev–Trinajstić information content (AvgIpc) is 3.39. The number of halogens is 2. The number of rotatable bonds is 4. The van der Waals surface area contributed by atoms with Crippen LogP contribution in [0.5, 0.6) is 11.9 Å². The van der Waals surface area contributed by atoms with E-state index in [0.717, 1.165) is 11.3 Å². The lowest BCUT2D eigenvalue weighted by Crippen LogP contribution is -2.38. The smallest absolute Gasteiger partial charge is 0.320 e. The lowest BCUT2D eigenvalue weighted by atomic mass is 10.0. The molecule has 0 radical (unpaired) electrons. The summed E-state index contributed by atoms with van der Waals surface area (Å²) >= 11 is 0.913. The summed E-state index contributed by atoms with van der Waals surface area (Å²) in [7, 11) is 1.34. The van der Waals surface area contributed by atoms with E-state index >= 15 is 4.39 Å². The average molecular weight is 511 g/mol. The van der Waals surface area contributed by atoms with E-state index < -0.39 is 11.6 Å². The number of nitrogen functional groups attached to an aromatic ring is 1. The molecule has 0 spiro atoms. The van der Waals surface area contributed by atoms with Gasteiger partial charge in [0.15, 0.2) is 5.82 Å². The summed E-state index contributed by atoms with van der Waals surface area (Å²) < 4.78 is 41.9. The topological polar surface area (TPSA) is 127 Å². The van der Waals surface area contributed by atoms with E-state index in [2.05, 4.69) is 15.0 Å². The summed E-state index contributed by atoms with van der Waals surface area (Å²) in [5.74, 6) is -1.38. The number of nitrogens with two attached hydrogens (primary N) is 1. The van der Waals surface area contributed by atoms with E-state index in [1.807, 2.05) is 13.0 Å². The maximum Gasteiger partial charge on any atom is 0.320 e. The van der Waals surface area contributed by atoms with Crippen LogP contribution in [0, 0.1) is 23.0 Å². The molecule has 4 heterocycles. The molecule has 0 aliphatic carbocycles. The zero-order valence-electron chi connectivity index (χ0n) is 19.5. The first-order valence-corrected chi connectivity index (χ1v) is 11.8. The Labute approximate surface area is 208 Å². The number of thiophene rings is 1. The Morgan fingerprint density at radius 1 is 1.33 bits per heavy atom. The number of hydrogen-bond acceptors (Lipinski definition) is 9. The number of aromatic nitrogens is 3. The molecule has 1 saturated heterocycles. The molecule has 4 aromatic rings. The van der Waals surface area contributed by atoms with E-state index in [-0.39, 0.29) is 72.8 Å². The van der Waals surface area contributed by atoms with Gasteiger partial charge in [-0.25, -0.2) is 8.78 Å². The number of hydrogen-bond donors (Lipinski definition) is 1. The minimum absolute atomic E-state index is 0.0559. The molecule has 0 saturated carbocycles. The van der Waals surface area contributed by atoms with Gasteiger partial charge in [-0.1, -0.05) is 0 Å². The lowest BCUT2D eigenvalue weighted by Gasteiger charge is -2.24. The summed E-state index contributed by atoms with van der Waals surface area (Å²) in [6.45, 7) is 3.90. The summed E-state index contributed by atoms with van der Waals surface area (Å²) in [4.78, 5) is 26.3. The molecule has 2 atom stereocenters. The highest BCUT2D eigenvalue weighted by Crippen LogP contribution is 2.42. The molecule has 2 N–H and O–H groups in total. The first-order chi connectivity index (χ1) is 17.2. The van der Waals surface area contributed by atoms with Crippen LogP contribution in [0.1, 0.15) is 25.8 Å². The molecule has 0 bridgehead atoms. The van der Waals surface area contributed by atoms with E-state index in [9.17, 15) is 14.4 Å². The third-order valence-corrected chi connectivity index (χ3v) is 7.38. The second kappa shape index (κ2) is 8.83. The molecule has 2 unspecified atom stereocenters. The van der Waals surface area contributed by atoms with Gasteiger partial charge in [0.25, 0.3) is 0 Å². The normalized spacial score (nSPS) is 17.5. The highest BCUT2D eigenvalue weighted by molar-refractivity contribution is 7.23. The third-order valence-electron chi connectivity index (χ3n) is 6.35. The van der Waals surface area contributed by atoms with Crippen LogP contribution in [0.3, 0.4) is 0 Å². The van der Waals surface area contributed by atoms with Crippen LogP contribution in [0.2, 0.25) is 0 Å². The SMILES string of the molecule is COc1nc(OC2CCN(C(C)=O)C2C)c2cnc(-c3ccc(F)c4sc(N)c(C#N)c34)c(F)c2n1. The molecule has 12 heteroatoms. The van der Waals surface area contributed by atoms with E-state index in [4.69, 9.17) is 15.2 Å². The molecule has 184 valence electrons.